The number of anilines is 1. The summed E-state index contributed by atoms with van der Waals surface area (Å²) in [6, 6.07) is 10.1. The fourth-order valence-corrected chi connectivity index (χ4v) is 2.56. The van der Waals surface area contributed by atoms with Crippen LogP contribution in [0.4, 0.5) is 5.95 Å². The first-order valence-electron chi connectivity index (χ1n) is 6.70. The second kappa shape index (κ2) is 7.12. The minimum atomic E-state index is 0.0576. The number of nitrogens with two attached hydrogens (primary N) is 1. The molecule has 0 aliphatic rings. The van der Waals surface area contributed by atoms with Gasteiger partial charge in [-0.25, -0.2) is 5.10 Å². The number of carbonyl (C=O) groups excluding carboxylic acids is 1. The van der Waals surface area contributed by atoms with E-state index in [-0.39, 0.29) is 17.9 Å². The summed E-state index contributed by atoms with van der Waals surface area (Å²) < 4.78 is 0. The fourth-order valence-electron chi connectivity index (χ4n) is 1.87. The van der Waals surface area contributed by atoms with Gasteiger partial charge in [0.1, 0.15) is 0 Å². The predicted octanol–water partition coefficient (Wildman–Crippen LogP) is 1.92. The topological polar surface area (TPSA) is 87.9 Å². The molecule has 2 aromatic rings. The average molecular weight is 305 g/mol. The Hall–Kier alpha value is -2.02. The smallest absolute Gasteiger partial charge is 0.233 e. The lowest BCUT2D eigenvalue weighted by atomic mass is 10.2. The highest BCUT2D eigenvalue weighted by atomic mass is 32.2. The van der Waals surface area contributed by atoms with E-state index in [2.05, 4.69) is 15.2 Å². The van der Waals surface area contributed by atoms with E-state index in [0.29, 0.717) is 17.5 Å². The van der Waals surface area contributed by atoms with Gasteiger partial charge in [-0.1, -0.05) is 42.1 Å². The second-order valence-corrected chi connectivity index (χ2v) is 5.84. The summed E-state index contributed by atoms with van der Waals surface area (Å²) in [6.07, 6.45) is 0. The van der Waals surface area contributed by atoms with Crippen molar-refractivity contribution in [1.82, 2.24) is 20.1 Å². The summed E-state index contributed by atoms with van der Waals surface area (Å²) in [7, 11) is 0. The highest BCUT2D eigenvalue weighted by molar-refractivity contribution is 7.99. The van der Waals surface area contributed by atoms with E-state index in [9.17, 15) is 4.79 Å². The van der Waals surface area contributed by atoms with Crippen molar-refractivity contribution in [3.63, 3.8) is 0 Å². The Morgan fingerprint density at radius 2 is 2.10 bits per heavy atom. The van der Waals surface area contributed by atoms with Crippen molar-refractivity contribution in [2.75, 3.05) is 11.5 Å². The maximum absolute atomic E-state index is 12.4. The average Bonchev–Trinajstić information content (AvgIpc) is 2.89. The van der Waals surface area contributed by atoms with Gasteiger partial charge in [-0.05, 0) is 19.4 Å². The Kier molecular flexibility index (Phi) is 5.21. The Balaban J connectivity index is 1.95. The van der Waals surface area contributed by atoms with Gasteiger partial charge >= 0.3 is 0 Å². The number of carbonyl (C=O) groups is 1. The number of H-pyrrole nitrogens is 1. The first-order valence-corrected chi connectivity index (χ1v) is 7.69. The van der Waals surface area contributed by atoms with E-state index in [0.717, 1.165) is 5.56 Å². The molecule has 0 unspecified atom stereocenters. The number of aromatic nitrogens is 3. The van der Waals surface area contributed by atoms with E-state index < -0.39 is 0 Å². The van der Waals surface area contributed by atoms with Gasteiger partial charge in [-0.15, -0.1) is 5.10 Å². The van der Waals surface area contributed by atoms with E-state index in [1.54, 1.807) is 0 Å². The van der Waals surface area contributed by atoms with Gasteiger partial charge in [0.15, 0.2) is 0 Å². The van der Waals surface area contributed by atoms with Gasteiger partial charge in [0, 0.05) is 12.6 Å². The van der Waals surface area contributed by atoms with Gasteiger partial charge in [0.05, 0.1) is 5.75 Å². The standard InChI is InChI=1S/C14H19N5OS/c1-10(2)19(8-11-6-4-3-5-7-11)12(20)9-21-14-16-13(15)17-18-14/h3-7,10H,8-9H2,1-2H3,(H3,15,16,17,18). The molecule has 1 amide bonds. The Morgan fingerprint density at radius 3 is 2.67 bits per heavy atom. The highest BCUT2D eigenvalue weighted by Crippen LogP contribution is 2.16. The molecule has 0 saturated carbocycles. The van der Waals surface area contributed by atoms with E-state index >= 15 is 0 Å². The number of hydrogen-bond donors (Lipinski definition) is 2. The summed E-state index contributed by atoms with van der Waals surface area (Å²) in [5, 5.41) is 6.95. The summed E-state index contributed by atoms with van der Waals surface area (Å²) in [5.74, 6) is 0.611. The van der Waals surface area contributed by atoms with Crippen molar-refractivity contribution in [2.24, 2.45) is 0 Å². The van der Waals surface area contributed by atoms with E-state index in [1.165, 1.54) is 11.8 Å². The molecule has 0 fully saturated rings. The molecule has 0 saturated heterocycles. The predicted molar refractivity (Wildman–Crippen MR) is 83.6 cm³/mol. The van der Waals surface area contributed by atoms with Crippen LogP contribution >= 0.6 is 11.8 Å². The summed E-state index contributed by atoms with van der Waals surface area (Å²) in [5.41, 5.74) is 6.57. The molecule has 1 aromatic heterocycles. The molecule has 0 aliphatic carbocycles. The lowest BCUT2D eigenvalue weighted by Gasteiger charge is -2.26. The Labute approximate surface area is 128 Å². The quantitative estimate of drug-likeness (QED) is 0.796. The van der Waals surface area contributed by atoms with Crippen LogP contribution in [0.25, 0.3) is 0 Å². The molecule has 7 heteroatoms. The minimum Gasteiger partial charge on any atom is -0.368 e. The molecule has 2 rings (SSSR count). The number of rotatable bonds is 6. The molecule has 21 heavy (non-hydrogen) atoms. The molecule has 3 N–H and O–H groups in total. The van der Waals surface area contributed by atoms with E-state index in [1.807, 2.05) is 49.1 Å². The van der Waals surface area contributed by atoms with Crippen LogP contribution < -0.4 is 5.73 Å². The highest BCUT2D eigenvalue weighted by Gasteiger charge is 2.18. The molecule has 0 bridgehead atoms. The largest absolute Gasteiger partial charge is 0.368 e. The second-order valence-electron chi connectivity index (χ2n) is 4.89. The monoisotopic (exact) mass is 305 g/mol. The zero-order valence-corrected chi connectivity index (χ0v) is 12.9. The molecule has 0 radical (unpaired) electrons. The van der Waals surface area contributed by atoms with Crippen molar-refractivity contribution in [3.05, 3.63) is 35.9 Å². The molecular weight excluding hydrogens is 286 g/mol. The normalized spacial score (nSPS) is 10.8. The number of nitrogen functional groups attached to an aromatic ring is 1. The van der Waals surface area contributed by atoms with Gasteiger partial charge in [-0.3, -0.25) is 4.79 Å². The Bertz CT molecular complexity index is 584. The number of benzene rings is 1. The zero-order valence-electron chi connectivity index (χ0n) is 12.1. The molecule has 0 atom stereocenters. The third kappa shape index (κ3) is 4.49. The summed E-state index contributed by atoms with van der Waals surface area (Å²) in [6.45, 7) is 4.63. The number of nitrogens with zero attached hydrogens (tertiary/aromatic N) is 3. The van der Waals surface area contributed by atoms with Crippen LogP contribution in [0.15, 0.2) is 35.5 Å². The molecule has 1 heterocycles. The summed E-state index contributed by atoms with van der Waals surface area (Å²) in [4.78, 5) is 18.2. The summed E-state index contributed by atoms with van der Waals surface area (Å²) >= 11 is 1.28. The van der Waals surface area contributed by atoms with Gasteiger partial charge < -0.3 is 10.6 Å². The van der Waals surface area contributed by atoms with E-state index in [4.69, 9.17) is 5.73 Å². The van der Waals surface area contributed by atoms with Crippen LogP contribution in [-0.2, 0) is 11.3 Å². The van der Waals surface area contributed by atoms with Crippen LogP contribution in [0.3, 0.4) is 0 Å². The lowest BCUT2D eigenvalue weighted by molar-refractivity contribution is -0.130. The third-order valence-electron chi connectivity index (χ3n) is 2.95. The van der Waals surface area contributed by atoms with Gasteiger partial charge in [0.2, 0.25) is 17.0 Å². The minimum absolute atomic E-state index is 0.0576. The SMILES string of the molecule is CC(C)N(Cc1ccccc1)C(=O)CSc1n[nH]c(N)n1. The van der Waals surface area contributed by atoms with Crippen molar-refractivity contribution >= 4 is 23.6 Å². The fraction of sp³-hybridized carbons (Fsp3) is 0.357. The maximum atomic E-state index is 12.4. The van der Waals surface area contributed by atoms with Gasteiger partial charge in [0.25, 0.3) is 0 Å². The molecule has 1 aromatic carbocycles. The number of thioether (sulfide) groups is 1. The molecule has 0 spiro atoms. The third-order valence-corrected chi connectivity index (χ3v) is 3.78. The van der Waals surface area contributed by atoms with Crippen molar-refractivity contribution in [1.29, 1.82) is 0 Å². The van der Waals surface area contributed by atoms with Crippen LogP contribution in [0.2, 0.25) is 0 Å². The number of nitrogens with one attached hydrogen (secondary N) is 1. The van der Waals surface area contributed by atoms with Crippen LogP contribution in [0.5, 0.6) is 0 Å². The molecule has 0 aliphatic heterocycles. The first kappa shape index (κ1) is 15.4. The number of aromatic amines is 1. The zero-order chi connectivity index (χ0) is 15.2. The molecule has 6 nitrogen and oxygen atoms in total. The maximum Gasteiger partial charge on any atom is 0.233 e. The van der Waals surface area contributed by atoms with Crippen LogP contribution in [0, 0.1) is 0 Å². The van der Waals surface area contributed by atoms with Crippen LogP contribution in [0.1, 0.15) is 19.4 Å². The lowest BCUT2D eigenvalue weighted by Crippen LogP contribution is -2.37. The van der Waals surface area contributed by atoms with Crippen LogP contribution in [-0.4, -0.2) is 37.8 Å². The van der Waals surface area contributed by atoms with Crippen molar-refractivity contribution < 1.29 is 4.79 Å². The first-order chi connectivity index (χ1) is 10.1. The number of hydrogen-bond acceptors (Lipinski definition) is 5. The van der Waals surface area contributed by atoms with Crippen molar-refractivity contribution in [3.8, 4) is 0 Å². The Morgan fingerprint density at radius 1 is 1.38 bits per heavy atom. The number of amides is 1. The van der Waals surface area contributed by atoms with Gasteiger partial charge in [-0.2, -0.15) is 4.98 Å². The molecule has 112 valence electrons. The molecular formula is C14H19N5OS. The van der Waals surface area contributed by atoms with Crippen molar-refractivity contribution in [2.45, 2.75) is 31.6 Å².